The number of fused-ring (bicyclic) bond motifs is 2. The lowest BCUT2D eigenvalue weighted by Gasteiger charge is -2.41. The molecule has 7 nitrogen and oxygen atoms in total. The molecule has 0 radical (unpaired) electrons. The third kappa shape index (κ3) is 7.85. The molecule has 5 atom stereocenters. The topological polar surface area (TPSA) is 88.1 Å². The second kappa shape index (κ2) is 13.7. The molecule has 2 unspecified atom stereocenters. The Labute approximate surface area is 291 Å². The van der Waals surface area contributed by atoms with Crippen molar-refractivity contribution in [3.63, 3.8) is 0 Å². The van der Waals surface area contributed by atoms with Crippen LogP contribution in [0.3, 0.4) is 0 Å². The summed E-state index contributed by atoms with van der Waals surface area (Å²) in [7, 11) is -3.60. The lowest BCUT2D eigenvalue weighted by Crippen LogP contribution is -2.42. The van der Waals surface area contributed by atoms with Crippen molar-refractivity contribution in [2.75, 3.05) is 13.1 Å². The summed E-state index contributed by atoms with van der Waals surface area (Å²) in [4.78, 5) is 2.94. The van der Waals surface area contributed by atoms with E-state index in [2.05, 4.69) is 66.8 Å². The summed E-state index contributed by atoms with van der Waals surface area (Å²) in [6, 6.07) is 33.3. The maximum Gasteiger partial charge on any atom is 0.240 e. The van der Waals surface area contributed by atoms with Gasteiger partial charge < -0.3 is 14.6 Å². The smallest absolute Gasteiger partial charge is 0.240 e. The summed E-state index contributed by atoms with van der Waals surface area (Å²) in [5.41, 5.74) is 6.57. The van der Waals surface area contributed by atoms with Crippen molar-refractivity contribution in [3.8, 4) is 11.1 Å². The number of likely N-dealkylation sites (tertiary alicyclic amines) is 1. The maximum absolute atomic E-state index is 12.8. The Balaban J connectivity index is 1.07. The third-order valence-corrected chi connectivity index (χ3v) is 12.0. The summed E-state index contributed by atoms with van der Waals surface area (Å²) >= 11 is 0. The van der Waals surface area contributed by atoms with Gasteiger partial charge in [-0.1, -0.05) is 106 Å². The number of nitrogens with one attached hydrogen (secondary N) is 1. The highest BCUT2D eigenvalue weighted by atomic mass is 32.2. The molecule has 2 heterocycles. The molecule has 1 saturated carbocycles. The van der Waals surface area contributed by atoms with E-state index in [9.17, 15) is 13.5 Å². The van der Waals surface area contributed by atoms with E-state index < -0.39 is 16.3 Å². The first kappa shape index (κ1) is 34.1. The lowest BCUT2D eigenvalue weighted by molar-refractivity contribution is -0.253. The van der Waals surface area contributed by atoms with Gasteiger partial charge in [0.2, 0.25) is 10.0 Å². The lowest BCUT2D eigenvalue weighted by atomic mass is 9.65. The van der Waals surface area contributed by atoms with Crippen LogP contribution in [0.1, 0.15) is 81.1 Å². The Morgan fingerprint density at radius 3 is 2.29 bits per heavy atom. The average Bonchev–Trinajstić information content (AvgIpc) is 3.34. The number of aliphatic hydroxyl groups is 1. The zero-order valence-electron chi connectivity index (χ0n) is 28.7. The van der Waals surface area contributed by atoms with Crippen LogP contribution in [0, 0.1) is 10.8 Å². The molecular weight excluding hydrogens is 633 g/mol. The van der Waals surface area contributed by atoms with Gasteiger partial charge in [-0.2, -0.15) is 0 Å². The second-order valence-corrected chi connectivity index (χ2v) is 17.2. The number of rotatable bonds is 10. The number of nitrogens with zero attached hydrogens (tertiary/aromatic N) is 1. The Morgan fingerprint density at radius 1 is 0.816 bits per heavy atom. The number of hydrogen-bond acceptors (Lipinski definition) is 6. The Bertz CT molecular complexity index is 1850. The molecule has 49 heavy (non-hydrogen) atoms. The van der Waals surface area contributed by atoms with E-state index in [1.807, 2.05) is 36.4 Å². The molecule has 1 aliphatic carbocycles. The van der Waals surface area contributed by atoms with Gasteiger partial charge in [0, 0.05) is 37.7 Å². The molecule has 8 heteroatoms. The highest BCUT2D eigenvalue weighted by molar-refractivity contribution is 7.89. The van der Waals surface area contributed by atoms with Gasteiger partial charge in [0.15, 0.2) is 6.29 Å². The minimum Gasteiger partial charge on any atom is -0.392 e. The van der Waals surface area contributed by atoms with E-state index in [-0.39, 0.29) is 30.3 Å². The molecule has 258 valence electrons. The van der Waals surface area contributed by atoms with Crippen LogP contribution in [0.5, 0.6) is 0 Å². The second-order valence-electron chi connectivity index (χ2n) is 15.5. The van der Waals surface area contributed by atoms with E-state index >= 15 is 0 Å². The molecule has 4 aromatic rings. The summed E-state index contributed by atoms with van der Waals surface area (Å²) in [6.07, 6.45) is 3.91. The van der Waals surface area contributed by atoms with Gasteiger partial charge in [0.1, 0.15) is 0 Å². The quantitative estimate of drug-likeness (QED) is 0.178. The van der Waals surface area contributed by atoms with Gasteiger partial charge >= 0.3 is 0 Å². The van der Waals surface area contributed by atoms with Gasteiger partial charge in [-0.25, -0.2) is 13.1 Å². The van der Waals surface area contributed by atoms with E-state index in [0.717, 1.165) is 52.9 Å². The number of ether oxygens (including phenoxy) is 2. The van der Waals surface area contributed by atoms with E-state index in [1.54, 1.807) is 30.3 Å². The molecule has 3 fully saturated rings. The van der Waals surface area contributed by atoms with Gasteiger partial charge in [-0.05, 0) is 76.1 Å². The first-order chi connectivity index (χ1) is 23.5. The number of hydrogen-bond donors (Lipinski definition) is 2. The molecule has 0 amide bonds. The molecule has 7 rings (SSSR count). The highest BCUT2D eigenvalue weighted by Crippen LogP contribution is 2.53. The normalized spacial score (nSPS) is 26.9. The zero-order valence-corrected chi connectivity index (χ0v) is 29.5. The monoisotopic (exact) mass is 680 g/mol. The first-order valence-corrected chi connectivity index (χ1v) is 18.9. The summed E-state index contributed by atoms with van der Waals surface area (Å²) in [6.45, 7) is 9.51. The number of aliphatic hydroxyl groups excluding tert-OH is 1. The largest absolute Gasteiger partial charge is 0.392 e. The van der Waals surface area contributed by atoms with E-state index in [0.29, 0.717) is 16.9 Å². The van der Waals surface area contributed by atoms with Crippen molar-refractivity contribution in [1.82, 2.24) is 9.62 Å². The van der Waals surface area contributed by atoms with Crippen molar-refractivity contribution >= 4 is 10.0 Å². The molecule has 2 saturated heterocycles. The zero-order chi connectivity index (χ0) is 34.2. The molecule has 2 N–H and O–H groups in total. The third-order valence-electron chi connectivity index (χ3n) is 10.5. The minimum atomic E-state index is -3.60. The van der Waals surface area contributed by atoms with Gasteiger partial charge in [-0.15, -0.1) is 0 Å². The van der Waals surface area contributed by atoms with Gasteiger partial charge in [0.25, 0.3) is 0 Å². The Morgan fingerprint density at radius 2 is 1.55 bits per heavy atom. The SMILES string of the molecule is CC1(C)CC2CC(C)(CN2C[C@H]2C[C@@H](c3ccc(CO)cc3)O[C@@H](c3ccc(-c4cccc(CNS(=O)(=O)c5ccccc5)c4)cc3)O2)C1. The predicted octanol–water partition coefficient (Wildman–Crippen LogP) is 7.77. The van der Waals surface area contributed by atoms with Crippen LogP contribution in [-0.4, -0.2) is 43.7 Å². The summed E-state index contributed by atoms with van der Waals surface area (Å²) in [5, 5.41) is 9.60. The fourth-order valence-electron chi connectivity index (χ4n) is 8.64. The standard InChI is InChI=1S/C41H48N2O5S/c1-40(2)22-35-23-41(3,27-40)28-43(35)25-36-21-38(32-14-12-29(26-44)13-15-32)48-39(47-36)33-18-16-31(17-19-33)34-9-7-8-30(20-34)24-42-49(45,46)37-10-5-4-6-11-37/h4-20,35-36,38-39,42,44H,21-28H2,1-3H3/t35?,36-,38+,39+,41?/m1/s1. The van der Waals surface area contributed by atoms with Crippen LogP contribution in [0.25, 0.3) is 11.1 Å². The van der Waals surface area contributed by atoms with E-state index in [4.69, 9.17) is 9.47 Å². The first-order valence-electron chi connectivity index (χ1n) is 17.5. The van der Waals surface area contributed by atoms with E-state index in [1.165, 1.54) is 19.3 Å². The summed E-state index contributed by atoms with van der Waals surface area (Å²) < 4.78 is 41.6. The number of sulfonamides is 1. The molecule has 3 aliphatic rings. The van der Waals surface area contributed by atoms with Crippen molar-refractivity contribution in [2.45, 2.75) is 89.0 Å². The van der Waals surface area contributed by atoms with Crippen molar-refractivity contribution < 1.29 is 23.0 Å². The van der Waals surface area contributed by atoms with Crippen LogP contribution in [0.4, 0.5) is 0 Å². The fraction of sp³-hybridized carbons (Fsp3) is 0.415. The average molecular weight is 681 g/mol. The minimum absolute atomic E-state index is 0.0170. The van der Waals surface area contributed by atoms with Crippen LogP contribution < -0.4 is 4.72 Å². The molecular formula is C41H48N2O5S. The molecule has 0 aromatic heterocycles. The molecule has 0 spiro atoms. The van der Waals surface area contributed by atoms with Crippen LogP contribution in [0.15, 0.2) is 108 Å². The van der Waals surface area contributed by atoms with Crippen LogP contribution >= 0.6 is 0 Å². The fourth-order valence-corrected chi connectivity index (χ4v) is 9.68. The van der Waals surface area contributed by atoms with Crippen LogP contribution in [0.2, 0.25) is 0 Å². The Kier molecular flexibility index (Phi) is 9.56. The maximum atomic E-state index is 12.8. The summed E-state index contributed by atoms with van der Waals surface area (Å²) in [5.74, 6) is 0. The number of benzene rings is 4. The predicted molar refractivity (Wildman–Crippen MR) is 192 cm³/mol. The Hall–Kier alpha value is -3.37. The van der Waals surface area contributed by atoms with Gasteiger partial charge in [-0.3, -0.25) is 4.90 Å². The van der Waals surface area contributed by atoms with Crippen molar-refractivity contribution in [3.05, 3.63) is 125 Å². The molecule has 2 aliphatic heterocycles. The highest BCUT2D eigenvalue weighted by Gasteiger charge is 2.50. The van der Waals surface area contributed by atoms with Crippen LogP contribution in [-0.2, 0) is 32.6 Å². The van der Waals surface area contributed by atoms with Crippen molar-refractivity contribution in [2.24, 2.45) is 10.8 Å². The molecule has 2 bridgehead atoms. The van der Waals surface area contributed by atoms with Gasteiger partial charge in [0.05, 0.1) is 23.7 Å². The van der Waals surface area contributed by atoms with Crippen molar-refractivity contribution in [1.29, 1.82) is 0 Å². The molecule has 4 aromatic carbocycles.